The van der Waals surface area contributed by atoms with E-state index in [-0.39, 0.29) is 0 Å². The number of ether oxygens (including phenoxy) is 1. The number of nitriles is 1. The van der Waals surface area contributed by atoms with Crippen LogP contribution in [0.4, 0.5) is 5.95 Å². The van der Waals surface area contributed by atoms with Gasteiger partial charge in [-0.05, 0) is 30.3 Å². The molecule has 0 saturated heterocycles. The molecule has 0 atom stereocenters. The molecule has 0 fully saturated rings. The van der Waals surface area contributed by atoms with Gasteiger partial charge in [0, 0.05) is 10.5 Å². The monoisotopic (exact) mass is 342 g/mol. The number of rotatable bonds is 2. The Bertz CT molecular complexity index is 879. The Morgan fingerprint density at radius 1 is 1.29 bits per heavy atom. The van der Waals surface area contributed by atoms with E-state index in [1.165, 1.54) is 0 Å². The maximum Gasteiger partial charge on any atom is 0.206 e. The average molecular weight is 343 g/mol. The Hall–Kier alpha value is -2.52. The fourth-order valence-corrected chi connectivity index (χ4v) is 2.61. The quantitative estimate of drug-likeness (QED) is 0.775. The smallest absolute Gasteiger partial charge is 0.206 e. The van der Waals surface area contributed by atoms with Crippen LogP contribution in [-0.2, 0) is 0 Å². The maximum absolute atomic E-state index is 8.98. The van der Waals surface area contributed by atoms with Gasteiger partial charge < -0.3 is 10.5 Å². The molecule has 1 heterocycles. The van der Waals surface area contributed by atoms with Gasteiger partial charge in [0.15, 0.2) is 0 Å². The van der Waals surface area contributed by atoms with Gasteiger partial charge in [-0.2, -0.15) is 5.26 Å². The molecule has 0 saturated carbocycles. The summed E-state index contributed by atoms with van der Waals surface area (Å²) in [6.07, 6.45) is 0. The van der Waals surface area contributed by atoms with E-state index in [1.807, 2.05) is 22.8 Å². The zero-order valence-electron chi connectivity index (χ0n) is 11.2. The molecule has 0 bridgehead atoms. The van der Waals surface area contributed by atoms with E-state index >= 15 is 0 Å². The summed E-state index contributed by atoms with van der Waals surface area (Å²) in [7, 11) is 1.56. The highest BCUT2D eigenvalue weighted by Crippen LogP contribution is 2.31. The van der Waals surface area contributed by atoms with Gasteiger partial charge in [-0.15, -0.1) is 0 Å². The number of hydrogen-bond donors (Lipinski definition) is 1. The second-order valence-corrected chi connectivity index (χ2v) is 5.35. The number of hydrogen-bond acceptors (Lipinski definition) is 4. The van der Waals surface area contributed by atoms with Crippen LogP contribution in [0.5, 0.6) is 5.75 Å². The average Bonchev–Trinajstić information content (AvgIpc) is 2.81. The third kappa shape index (κ3) is 2.22. The molecule has 5 nitrogen and oxygen atoms in total. The standard InChI is InChI=1S/C15H11BrN4O/c1-21-14-6-9(8-17)2-4-13(14)20-12-5-3-10(16)7-11(12)19-15(20)18/h2-7H,1H3,(H2,18,19). The number of methoxy groups -OCH3 is 1. The molecule has 0 aliphatic carbocycles. The van der Waals surface area contributed by atoms with Crippen LogP contribution in [0.15, 0.2) is 40.9 Å². The highest BCUT2D eigenvalue weighted by atomic mass is 79.9. The summed E-state index contributed by atoms with van der Waals surface area (Å²) in [5.41, 5.74) is 8.98. The van der Waals surface area contributed by atoms with Crippen molar-refractivity contribution in [3.63, 3.8) is 0 Å². The van der Waals surface area contributed by atoms with Crippen molar-refractivity contribution in [2.24, 2.45) is 0 Å². The van der Waals surface area contributed by atoms with Gasteiger partial charge >= 0.3 is 0 Å². The van der Waals surface area contributed by atoms with E-state index in [2.05, 4.69) is 27.0 Å². The first-order chi connectivity index (χ1) is 10.1. The fraction of sp³-hybridized carbons (Fsp3) is 0.0667. The van der Waals surface area contributed by atoms with Crippen LogP contribution in [0.1, 0.15) is 5.56 Å². The fourth-order valence-electron chi connectivity index (χ4n) is 2.26. The SMILES string of the molecule is COc1cc(C#N)ccc1-n1c(N)nc2cc(Br)ccc21. The number of benzene rings is 2. The molecule has 3 aromatic rings. The number of imidazole rings is 1. The van der Waals surface area contributed by atoms with Crippen LogP contribution in [0.25, 0.3) is 16.7 Å². The van der Waals surface area contributed by atoms with Gasteiger partial charge in [-0.1, -0.05) is 15.9 Å². The minimum absolute atomic E-state index is 0.367. The second kappa shape index (κ2) is 5.11. The summed E-state index contributed by atoms with van der Waals surface area (Å²) >= 11 is 3.42. The number of nitrogen functional groups attached to an aromatic ring is 1. The minimum Gasteiger partial charge on any atom is -0.495 e. The number of fused-ring (bicyclic) bond motifs is 1. The normalized spacial score (nSPS) is 10.5. The molecule has 2 N–H and O–H groups in total. The van der Waals surface area contributed by atoms with Crippen molar-refractivity contribution in [3.05, 3.63) is 46.4 Å². The molecule has 0 radical (unpaired) electrons. The molecule has 0 amide bonds. The van der Waals surface area contributed by atoms with Crippen molar-refractivity contribution in [3.8, 4) is 17.5 Å². The van der Waals surface area contributed by atoms with Crippen LogP contribution in [-0.4, -0.2) is 16.7 Å². The molecule has 1 aromatic heterocycles. The Morgan fingerprint density at radius 3 is 2.81 bits per heavy atom. The van der Waals surface area contributed by atoms with Crippen LogP contribution in [0.2, 0.25) is 0 Å². The lowest BCUT2D eigenvalue weighted by atomic mass is 10.2. The van der Waals surface area contributed by atoms with Gasteiger partial charge in [-0.3, -0.25) is 4.57 Å². The Kier molecular flexibility index (Phi) is 3.28. The number of anilines is 1. The summed E-state index contributed by atoms with van der Waals surface area (Å²) in [6, 6.07) is 13.1. The summed E-state index contributed by atoms with van der Waals surface area (Å²) in [5, 5.41) is 8.98. The maximum atomic E-state index is 8.98. The number of halogens is 1. The van der Waals surface area contributed by atoms with E-state index in [1.54, 1.807) is 25.3 Å². The van der Waals surface area contributed by atoms with Crippen molar-refractivity contribution < 1.29 is 4.74 Å². The van der Waals surface area contributed by atoms with Crippen LogP contribution in [0.3, 0.4) is 0 Å². The third-order valence-electron chi connectivity index (χ3n) is 3.19. The molecule has 104 valence electrons. The first-order valence-electron chi connectivity index (χ1n) is 6.16. The van der Waals surface area contributed by atoms with Crippen molar-refractivity contribution >= 4 is 32.9 Å². The molecule has 21 heavy (non-hydrogen) atoms. The Labute approximate surface area is 129 Å². The van der Waals surface area contributed by atoms with Crippen molar-refractivity contribution in [2.75, 3.05) is 12.8 Å². The topological polar surface area (TPSA) is 76.9 Å². The lowest BCUT2D eigenvalue weighted by molar-refractivity contribution is 0.413. The molecule has 0 aliphatic rings. The molecule has 3 rings (SSSR count). The molecule has 2 aromatic carbocycles. The van der Waals surface area contributed by atoms with Crippen molar-refractivity contribution in [1.29, 1.82) is 5.26 Å². The number of nitrogens with two attached hydrogens (primary N) is 1. The Balaban J connectivity index is 2.30. The van der Waals surface area contributed by atoms with Crippen molar-refractivity contribution in [2.45, 2.75) is 0 Å². The van der Waals surface area contributed by atoms with Crippen LogP contribution in [0, 0.1) is 11.3 Å². The van der Waals surface area contributed by atoms with E-state index in [0.717, 1.165) is 21.2 Å². The summed E-state index contributed by atoms with van der Waals surface area (Å²) in [4.78, 5) is 4.36. The first kappa shape index (κ1) is 13.5. The zero-order valence-corrected chi connectivity index (χ0v) is 12.8. The molecule has 6 heteroatoms. The van der Waals surface area contributed by atoms with E-state index in [9.17, 15) is 0 Å². The van der Waals surface area contributed by atoms with Crippen molar-refractivity contribution in [1.82, 2.24) is 9.55 Å². The molecule has 0 unspecified atom stereocenters. The summed E-state index contributed by atoms with van der Waals surface area (Å²) in [6.45, 7) is 0. The largest absolute Gasteiger partial charge is 0.495 e. The minimum atomic E-state index is 0.367. The third-order valence-corrected chi connectivity index (χ3v) is 3.69. The molecule has 0 spiro atoms. The molecule has 0 aliphatic heterocycles. The van der Waals surface area contributed by atoms with Gasteiger partial charge in [0.25, 0.3) is 0 Å². The first-order valence-corrected chi connectivity index (χ1v) is 6.95. The van der Waals surface area contributed by atoms with Gasteiger partial charge in [-0.25, -0.2) is 4.98 Å². The molecular weight excluding hydrogens is 332 g/mol. The van der Waals surface area contributed by atoms with E-state index < -0.39 is 0 Å². The summed E-state index contributed by atoms with van der Waals surface area (Å²) < 4.78 is 8.12. The van der Waals surface area contributed by atoms with Gasteiger partial charge in [0.05, 0.1) is 35.5 Å². The Morgan fingerprint density at radius 2 is 2.10 bits per heavy atom. The van der Waals surface area contributed by atoms with E-state index in [0.29, 0.717) is 17.3 Å². The van der Waals surface area contributed by atoms with Crippen LogP contribution < -0.4 is 10.5 Å². The zero-order chi connectivity index (χ0) is 15.0. The second-order valence-electron chi connectivity index (χ2n) is 4.44. The predicted molar refractivity (Wildman–Crippen MR) is 84.4 cm³/mol. The number of aromatic nitrogens is 2. The van der Waals surface area contributed by atoms with Gasteiger partial charge in [0.2, 0.25) is 5.95 Å². The van der Waals surface area contributed by atoms with Gasteiger partial charge in [0.1, 0.15) is 5.75 Å². The predicted octanol–water partition coefficient (Wildman–Crippen LogP) is 3.25. The highest BCUT2D eigenvalue weighted by molar-refractivity contribution is 9.10. The number of nitrogens with zero attached hydrogens (tertiary/aromatic N) is 3. The highest BCUT2D eigenvalue weighted by Gasteiger charge is 2.14. The molecular formula is C15H11BrN4O. The van der Waals surface area contributed by atoms with Crippen LogP contribution >= 0.6 is 15.9 Å². The lowest BCUT2D eigenvalue weighted by Gasteiger charge is -2.11. The lowest BCUT2D eigenvalue weighted by Crippen LogP contribution is -2.03. The summed E-state index contributed by atoms with van der Waals surface area (Å²) in [5.74, 6) is 0.939. The van der Waals surface area contributed by atoms with E-state index in [4.69, 9.17) is 15.7 Å².